The van der Waals surface area contributed by atoms with E-state index in [1.54, 1.807) is 6.07 Å². The number of fused-ring (bicyclic) bond motifs is 1. The maximum atomic E-state index is 14.0. The van der Waals surface area contributed by atoms with Gasteiger partial charge in [0.15, 0.2) is 0 Å². The Bertz CT molecular complexity index is 587. The molecule has 0 radical (unpaired) electrons. The molecule has 2 aromatic rings. The van der Waals surface area contributed by atoms with Gasteiger partial charge in [-0.2, -0.15) is 0 Å². The van der Waals surface area contributed by atoms with Crippen molar-refractivity contribution >= 4 is 11.4 Å². The monoisotopic (exact) mass is 242 g/mol. The first-order valence-corrected chi connectivity index (χ1v) is 6.03. The van der Waals surface area contributed by atoms with Crippen molar-refractivity contribution in [1.82, 2.24) is 0 Å². The van der Waals surface area contributed by atoms with Gasteiger partial charge in [-0.05, 0) is 35.7 Å². The van der Waals surface area contributed by atoms with Gasteiger partial charge in [0.05, 0.1) is 5.69 Å². The van der Waals surface area contributed by atoms with Crippen LogP contribution in [-0.2, 0) is 13.1 Å². The zero-order valence-corrected chi connectivity index (χ0v) is 10.3. The molecule has 0 saturated carbocycles. The van der Waals surface area contributed by atoms with Crippen LogP contribution in [0.25, 0.3) is 0 Å². The lowest BCUT2D eigenvalue weighted by molar-refractivity contribution is 0.618. The third-order valence-electron chi connectivity index (χ3n) is 3.52. The zero-order valence-electron chi connectivity index (χ0n) is 10.3. The highest BCUT2D eigenvalue weighted by Crippen LogP contribution is 2.34. The summed E-state index contributed by atoms with van der Waals surface area (Å²) >= 11 is 0. The van der Waals surface area contributed by atoms with Gasteiger partial charge in [0, 0.05) is 18.8 Å². The van der Waals surface area contributed by atoms with E-state index < -0.39 is 0 Å². The Hall–Kier alpha value is -2.03. The van der Waals surface area contributed by atoms with Crippen LogP contribution in [0.1, 0.15) is 16.7 Å². The predicted molar refractivity (Wildman–Crippen MR) is 71.9 cm³/mol. The number of hydrogen-bond acceptors (Lipinski definition) is 2. The molecule has 0 aromatic heterocycles. The van der Waals surface area contributed by atoms with E-state index in [0.29, 0.717) is 12.2 Å². The Morgan fingerprint density at radius 3 is 2.61 bits per heavy atom. The SMILES string of the molecule is Cc1cccc(F)c1N1Cc2cccc(N)c2C1. The van der Waals surface area contributed by atoms with Crippen molar-refractivity contribution in [2.45, 2.75) is 20.0 Å². The molecule has 2 nitrogen and oxygen atoms in total. The van der Waals surface area contributed by atoms with Crippen LogP contribution in [0.15, 0.2) is 36.4 Å². The van der Waals surface area contributed by atoms with E-state index in [0.717, 1.165) is 23.4 Å². The van der Waals surface area contributed by atoms with Crippen LogP contribution in [-0.4, -0.2) is 0 Å². The van der Waals surface area contributed by atoms with E-state index >= 15 is 0 Å². The molecule has 0 unspecified atom stereocenters. The molecule has 2 N–H and O–H groups in total. The molecule has 1 heterocycles. The molecule has 3 heteroatoms. The molecule has 1 aliphatic heterocycles. The van der Waals surface area contributed by atoms with Crippen molar-refractivity contribution in [3.63, 3.8) is 0 Å². The summed E-state index contributed by atoms with van der Waals surface area (Å²) < 4.78 is 14.0. The highest BCUT2D eigenvalue weighted by Gasteiger charge is 2.23. The van der Waals surface area contributed by atoms with Gasteiger partial charge in [-0.15, -0.1) is 0 Å². The predicted octanol–water partition coefficient (Wildman–Crippen LogP) is 3.24. The number of anilines is 2. The Morgan fingerprint density at radius 2 is 1.89 bits per heavy atom. The van der Waals surface area contributed by atoms with Gasteiger partial charge in [-0.3, -0.25) is 0 Å². The second kappa shape index (κ2) is 4.02. The smallest absolute Gasteiger partial charge is 0.146 e. The lowest BCUT2D eigenvalue weighted by atomic mass is 10.1. The third kappa shape index (κ3) is 1.63. The minimum Gasteiger partial charge on any atom is -0.398 e. The molecule has 92 valence electrons. The Kier molecular flexibility index (Phi) is 2.47. The molecular formula is C15H15FN2. The number of benzene rings is 2. The summed E-state index contributed by atoms with van der Waals surface area (Å²) in [5, 5.41) is 0. The molecule has 1 aliphatic rings. The van der Waals surface area contributed by atoms with Crippen LogP contribution in [0.5, 0.6) is 0 Å². The molecule has 0 saturated heterocycles. The molecule has 2 aromatic carbocycles. The highest BCUT2D eigenvalue weighted by atomic mass is 19.1. The minimum atomic E-state index is -0.165. The van der Waals surface area contributed by atoms with Crippen LogP contribution >= 0.6 is 0 Å². The normalized spacial score (nSPS) is 13.8. The fraction of sp³-hybridized carbons (Fsp3) is 0.200. The van der Waals surface area contributed by atoms with E-state index in [2.05, 4.69) is 6.07 Å². The maximum Gasteiger partial charge on any atom is 0.146 e. The summed E-state index contributed by atoms with van der Waals surface area (Å²) in [6.45, 7) is 3.34. The quantitative estimate of drug-likeness (QED) is 0.778. The number of hydrogen-bond donors (Lipinski definition) is 1. The van der Waals surface area contributed by atoms with Crippen molar-refractivity contribution in [3.05, 3.63) is 58.9 Å². The lowest BCUT2D eigenvalue weighted by Crippen LogP contribution is -2.17. The molecule has 3 rings (SSSR count). The Balaban J connectivity index is 2.02. The number of aryl methyl sites for hydroxylation is 1. The second-order valence-electron chi connectivity index (χ2n) is 4.75. The number of rotatable bonds is 1. The van der Waals surface area contributed by atoms with Crippen LogP contribution in [0.3, 0.4) is 0 Å². The van der Waals surface area contributed by atoms with Crippen LogP contribution in [0, 0.1) is 12.7 Å². The molecule has 0 fully saturated rings. The van der Waals surface area contributed by atoms with Crippen molar-refractivity contribution in [1.29, 1.82) is 0 Å². The van der Waals surface area contributed by atoms with Crippen LogP contribution in [0.2, 0.25) is 0 Å². The topological polar surface area (TPSA) is 29.3 Å². The zero-order chi connectivity index (χ0) is 12.7. The average Bonchev–Trinajstić information content (AvgIpc) is 2.74. The van der Waals surface area contributed by atoms with Gasteiger partial charge in [0.25, 0.3) is 0 Å². The van der Waals surface area contributed by atoms with Crippen LogP contribution in [0.4, 0.5) is 15.8 Å². The number of nitrogens with zero attached hydrogens (tertiary/aromatic N) is 1. The molecule has 0 aliphatic carbocycles. The van der Waals surface area contributed by atoms with Crippen molar-refractivity contribution in [3.8, 4) is 0 Å². The first-order valence-electron chi connectivity index (χ1n) is 6.03. The molecule has 0 amide bonds. The number of nitrogens with two attached hydrogens (primary N) is 1. The molecule has 0 atom stereocenters. The van der Waals surface area contributed by atoms with E-state index in [9.17, 15) is 4.39 Å². The Labute approximate surface area is 106 Å². The number of para-hydroxylation sites is 1. The van der Waals surface area contributed by atoms with E-state index in [4.69, 9.17) is 5.73 Å². The average molecular weight is 242 g/mol. The summed E-state index contributed by atoms with van der Waals surface area (Å²) in [5.74, 6) is -0.165. The highest BCUT2D eigenvalue weighted by molar-refractivity contribution is 5.62. The minimum absolute atomic E-state index is 0.165. The largest absolute Gasteiger partial charge is 0.398 e. The number of halogens is 1. The van der Waals surface area contributed by atoms with Crippen LogP contribution < -0.4 is 10.6 Å². The van der Waals surface area contributed by atoms with Crippen molar-refractivity contribution < 1.29 is 4.39 Å². The van der Waals surface area contributed by atoms with E-state index in [1.165, 1.54) is 11.6 Å². The summed E-state index contributed by atoms with van der Waals surface area (Å²) in [6.07, 6.45) is 0. The van der Waals surface area contributed by atoms with E-state index in [1.807, 2.05) is 30.0 Å². The first-order chi connectivity index (χ1) is 8.66. The lowest BCUT2D eigenvalue weighted by Gasteiger charge is -2.20. The van der Waals surface area contributed by atoms with Crippen molar-refractivity contribution in [2.24, 2.45) is 0 Å². The molecule has 0 bridgehead atoms. The van der Waals surface area contributed by atoms with Gasteiger partial charge in [-0.1, -0.05) is 24.3 Å². The summed E-state index contributed by atoms with van der Waals surface area (Å²) in [7, 11) is 0. The van der Waals surface area contributed by atoms with Crippen molar-refractivity contribution in [2.75, 3.05) is 10.6 Å². The van der Waals surface area contributed by atoms with E-state index in [-0.39, 0.29) is 5.82 Å². The third-order valence-corrected chi connectivity index (χ3v) is 3.52. The maximum absolute atomic E-state index is 14.0. The summed E-state index contributed by atoms with van der Waals surface area (Å²) in [5.41, 5.74) is 10.7. The molecule has 18 heavy (non-hydrogen) atoms. The standard InChI is InChI=1S/C15H15FN2/c1-10-4-2-6-13(16)15(10)18-8-11-5-3-7-14(17)12(11)9-18/h2-7H,8-9,17H2,1H3. The second-order valence-corrected chi connectivity index (χ2v) is 4.75. The molecular weight excluding hydrogens is 227 g/mol. The number of nitrogen functional groups attached to an aromatic ring is 1. The van der Waals surface area contributed by atoms with Gasteiger partial charge in [0.2, 0.25) is 0 Å². The van der Waals surface area contributed by atoms with Gasteiger partial charge >= 0.3 is 0 Å². The Morgan fingerprint density at radius 1 is 1.11 bits per heavy atom. The summed E-state index contributed by atoms with van der Waals surface area (Å²) in [4.78, 5) is 2.05. The van der Waals surface area contributed by atoms with Gasteiger partial charge < -0.3 is 10.6 Å². The first kappa shape index (κ1) is 11.1. The summed E-state index contributed by atoms with van der Waals surface area (Å²) in [6, 6.07) is 11.1. The van der Waals surface area contributed by atoms with Gasteiger partial charge in [0.1, 0.15) is 5.82 Å². The fourth-order valence-corrected chi connectivity index (χ4v) is 2.63. The molecule has 0 spiro atoms. The fourth-order valence-electron chi connectivity index (χ4n) is 2.63. The van der Waals surface area contributed by atoms with Gasteiger partial charge in [-0.25, -0.2) is 4.39 Å².